The van der Waals surface area contributed by atoms with E-state index in [9.17, 15) is 9.18 Å². The third kappa shape index (κ3) is 6.36. The molecule has 3 aromatic carbocycles. The van der Waals surface area contributed by atoms with E-state index in [-0.39, 0.29) is 17.6 Å². The summed E-state index contributed by atoms with van der Waals surface area (Å²) in [7, 11) is 1.60. The second kappa shape index (κ2) is 12.7. The van der Waals surface area contributed by atoms with Gasteiger partial charge in [-0.2, -0.15) is 0 Å². The van der Waals surface area contributed by atoms with E-state index in [1.807, 2.05) is 35.2 Å². The van der Waals surface area contributed by atoms with Gasteiger partial charge in [0.2, 0.25) is 5.91 Å². The van der Waals surface area contributed by atoms with Gasteiger partial charge in [0.15, 0.2) is 0 Å². The van der Waals surface area contributed by atoms with Crippen molar-refractivity contribution < 1.29 is 23.0 Å². The molecule has 3 heterocycles. The number of alkyl halides is 1. The number of nitrogens with one attached hydrogen (secondary N) is 2. The maximum absolute atomic E-state index is 15.3. The molecule has 0 spiro atoms. The highest BCUT2D eigenvalue weighted by atomic mass is 19.1. The largest absolute Gasteiger partial charge is 0.495 e. The summed E-state index contributed by atoms with van der Waals surface area (Å²) in [6, 6.07) is 15.8. The number of hydrogen-bond donors (Lipinski definition) is 2. The molecule has 6 rings (SSSR count). The Labute approximate surface area is 254 Å². The summed E-state index contributed by atoms with van der Waals surface area (Å²) in [5, 5.41) is 7.33. The Balaban J connectivity index is 1.18. The van der Waals surface area contributed by atoms with E-state index >= 15 is 4.39 Å². The Morgan fingerprint density at radius 1 is 1.02 bits per heavy atom. The predicted octanol–water partition coefficient (Wildman–Crippen LogP) is 6.45. The van der Waals surface area contributed by atoms with Crippen molar-refractivity contribution in [1.29, 1.82) is 0 Å². The summed E-state index contributed by atoms with van der Waals surface area (Å²) < 4.78 is 40.6. The number of piperidine rings is 1. The zero-order valence-electron chi connectivity index (χ0n) is 24.4. The summed E-state index contributed by atoms with van der Waals surface area (Å²) >= 11 is 0. The average Bonchev–Trinajstić information content (AvgIpc) is 3.48. The van der Waals surface area contributed by atoms with Crippen molar-refractivity contribution in [3.8, 4) is 17.2 Å². The molecule has 0 bridgehead atoms. The number of aromatic nitrogens is 2. The number of hydrogen-bond acceptors (Lipinski definition) is 8. The molecular formula is C33H34F2N6O3. The molecular weight excluding hydrogens is 566 g/mol. The number of carbonyl (C=O) groups is 1. The van der Waals surface area contributed by atoms with Gasteiger partial charge in [-0.15, -0.1) is 0 Å². The molecule has 2 aliphatic rings. The average molecular weight is 601 g/mol. The third-order valence-electron chi connectivity index (χ3n) is 8.04. The van der Waals surface area contributed by atoms with Crippen molar-refractivity contribution in [2.75, 3.05) is 48.8 Å². The SMILES string of the molecule is C=CC(=O)N1CCC(Nc2cc3c(Nc4ccc(Oc5cccc(N6CC[C@@H](F)C6)c5)cc4F)ncnc3cc2OC)CC1. The monoisotopic (exact) mass is 600 g/mol. The van der Waals surface area contributed by atoms with Gasteiger partial charge in [0, 0.05) is 61.5 Å². The first kappa shape index (κ1) is 29.2. The Kier molecular flexibility index (Phi) is 8.44. The molecule has 2 fully saturated rings. The highest BCUT2D eigenvalue weighted by molar-refractivity contribution is 5.95. The predicted molar refractivity (Wildman–Crippen MR) is 167 cm³/mol. The van der Waals surface area contributed by atoms with Crippen molar-refractivity contribution in [3.63, 3.8) is 0 Å². The lowest BCUT2D eigenvalue weighted by atomic mass is 10.0. The van der Waals surface area contributed by atoms with Crippen molar-refractivity contribution in [2.45, 2.75) is 31.5 Å². The van der Waals surface area contributed by atoms with E-state index in [4.69, 9.17) is 9.47 Å². The van der Waals surface area contributed by atoms with E-state index in [1.54, 1.807) is 30.2 Å². The van der Waals surface area contributed by atoms with Crippen molar-refractivity contribution in [3.05, 3.63) is 79.4 Å². The van der Waals surface area contributed by atoms with E-state index < -0.39 is 12.0 Å². The first-order valence-corrected chi connectivity index (χ1v) is 14.6. The molecule has 0 saturated carbocycles. The number of methoxy groups -OCH3 is 1. The van der Waals surface area contributed by atoms with Crippen molar-refractivity contribution in [1.82, 2.24) is 14.9 Å². The second-order valence-corrected chi connectivity index (χ2v) is 10.9. The number of amides is 1. The number of anilines is 4. The fourth-order valence-corrected chi connectivity index (χ4v) is 5.68. The van der Waals surface area contributed by atoms with Crippen LogP contribution in [-0.4, -0.2) is 66.3 Å². The second-order valence-electron chi connectivity index (χ2n) is 10.9. The minimum Gasteiger partial charge on any atom is -0.495 e. The molecule has 1 atom stereocenters. The molecule has 11 heteroatoms. The van der Waals surface area contributed by atoms with Crippen LogP contribution in [0.25, 0.3) is 10.9 Å². The number of ether oxygens (including phenoxy) is 2. The minimum absolute atomic E-state index is 0.0596. The molecule has 44 heavy (non-hydrogen) atoms. The molecule has 4 aromatic rings. The van der Waals surface area contributed by atoms with Gasteiger partial charge in [-0.25, -0.2) is 18.7 Å². The maximum Gasteiger partial charge on any atom is 0.245 e. The van der Waals surface area contributed by atoms with Gasteiger partial charge in [-0.05, 0) is 55.7 Å². The van der Waals surface area contributed by atoms with Crippen LogP contribution in [0.15, 0.2) is 73.6 Å². The van der Waals surface area contributed by atoms with Crippen LogP contribution in [0.3, 0.4) is 0 Å². The number of likely N-dealkylation sites (tertiary alicyclic amines) is 1. The van der Waals surface area contributed by atoms with Crippen LogP contribution in [0.2, 0.25) is 0 Å². The van der Waals surface area contributed by atoms with Gasteiger partial charge in [-0.3, -0.25) is 4.79 Å². The van der Waals surface area contributed by atoms with Crippen LogP contribution >= 0.6 is 0 Å². The van der Waals surface area contributed by atoms with E-state index in [2.05, 4.69) is 27.2 Å². The Bertz CT molecular complexity index is 1680. The van der Waals surface area contributed by atoms with Gasteiger partial charge in [0.25, 0.3) is 0 Å². The van der Waals surface area contributed by atoms with Crippen molar-refractivity contribution in [2.24, 2.45) is 0 Å². The molecule has 1 aromatic heterocycles. The van der Waals surface area contributed by atoms with Crippen LogP contribution in [-0.2, 0) is 4.79 Å². The summed E-state index contributed by atoms with van der Waals surface area (Å²) in [6.07, 6.45) is 3.99. The molecule has 0 aliphatic carbocycles. The number of rotatable bonds is 9. The van der Waals surface area contributed by atoms with Crippen LogP contribution in [0.5, 0.6) is 17.2 Å². The van der Waals surface area contributed by atoms with E-state index in [0.717, 1.165) is 24.2 Å². The molecule has 0 radical (unpaired) electrons. The number of nitrogens with zero attached hydrogens (tertiary/aromatic N) is 4. The third-order valence-corrected chi connectivity index (χ3v) is 8.04. The summed E-state index contributed by atoms with van der Waals surface area (Å²) in [5.74, 6) is 1.36. The number of halogens is 2. The Morgan fingerprint density at radius 2 is 1.84 bits per heavy atom. The van der Waals surface area contributed by atoms with Gasteiger partial charge in [-0.1, -0.05) is 12.6 Å². The summed E-state index contributed by atoms with van der Waals surface area (Å²) in [6.45, 7) is 5.86. The molecule has 0 unspecified atom stereocenters. The molecule has 2 saturated heterocycles. The van der Waals surface area contributed by atoms with Crippen LogP contribution in [0.1, 0.15) is 19.3 Å². The Hall–Kier alpha value is -4.93. The van der Waals surface area contributed by atoms with E-state index in [0.29, 0.717) is 66.6 Å². The normalized spacial score (nSPS) is 17.0. The highest BCUT2D eigenvalue weighted by Crippen LogP contribution is 2.36. The van der Waals surface area contributed by atoms with Gasteiger partial charge < -0.3 is 29.9 Å². The first-order chi connectivity index (χ1) is 21.4. The quantitative estimate of drug-likeness (QED) is 0.212. The molecule has 9 nitrogen and oxygen atoms in total. The van der Waals surface area contributed by atoms with Crippen LogP contribution < -0.4 is 25.0 Å². The van der Waals surface area contributed by atoms with Crippen LogP contribution in [0, 0.1) is 5.82 Å². The Morgan fingerprint density at radius 3 is 2.57 bits per heavy atom. The number of benzene rings is 3. The van der Waals surface area contributed by atoms with E-state index in [1.165, 1.54) is 18.5 Å². The summed E-state index contributed by atoms with van der Waals surface area (Å²) in [4.78, 5) is 24.5. The maximum atomic E-state index is 15.3. The topological polar surface area (TPSA) is 91.9 Å². The van der Waals surface area contributed by atoms with Gasteiger partial charge in [0.05, 0.1) is 24.0 Å². The zero-order valence-corrected chi connectivity index (χ0v) is 24.4. The molecule has 2 N–H and O–H groups in total. The fraction of sp³-hybridized carbons (Fsp3) is 0.303. The standard InChI is InChI=1S/C33H34F2N6O3/c1-3-32(42)40-13-10-22(11-14-40)38-30-17-26-29(18-31(30)43-2)36-20-37-33(26)39-28-8-7-25(16-27(28)35)44-24-6-4-5-23(15-24)41-12-9-21(34)19-41/h3-8,15-18,20-22,38H,1,9-14,19H2,2H3,(H,36,37,39)/t21-/m1/s1. The molecule has 1 amide bonds. The lowest BCUT2D eigenvalue weighted by Gasteiger charge is -2.32. The first-order valence-electron chi connectivity index (χ1n) is 14.6. The van der Waals surface area contributed by atoms with Gasteiger partial charge >= 0.3 is 0 Å². The molecule has 228 valence electrons. The number of fused-ring (bicyclic) bond motifs is 1. The number of carbonyl (C=O) groups excluding carboxylic acids is 1. The lowest BCUT2D eigenvalue weighted by molar-refractivity contribution is -0.126. The highest BCUT2D eigenvalue weighted by Gasteiger charge is 2.24. The lowest BCUT2D eigenvalue weighted by Crippen LogP contribution is -2.41. The van der Waals surface area contributed by atoms with Gasteiger partial charge in [0.1, 0.15) is 41.4 Å². The fourth-order valence-electron chi connectivity index (χ4n) is 5.68. The molecule has 2 aliphatic heterocycles. The zero-order chi connectivity index (χ0) is 30.6. The minimum atomic E-state index is -0.829. The smallest absolute Gasteiger partial charge is 0.245 e. The van der Waals surface area contributed by atoms with Crippen LogP contribution in [0.4, 0.5) is 31.7 Å². The summed E-state index contributed by atoms with van der Waals surface area (Å²) in [5.41, 5.74) is 2.49. The van der Waals surface area contributed by atoms with Crippen molar-refractivity contribution >= 4 is 39.7 Å².